The normalized spacial score (nSPS) is 18.4. The Labute approximate surface area is 247 Å². The van der Waals surface area contributed by atoms with E-state index in [1.807, 2.05) is 0 Å². The lowest BCUT2D eigenvalue weighted by molar-refractivity contribution is -0.142. The van der Waals surface area contributed by atoms with Gasteiger partial charge in [-0.3, -0.25) is 9.59 Å². The molecule has 1 aliphatic heterocycles. The number of para-hydroxylation sites is 1. The van der Waals surface area contributed by atoms with Gasteiger partial charge in [0.25, 0.3) is 0 Å². The van der Waals surface area contributed by atoms with Gasteiger partial charge in [0.2, 0.25) is 21.8 Å². The quantitative estimate of drug-likeness (QED) is 0.288. The van der Waals surface area contributed by atoms with Crippen molar-refractivity contribution in [2.45, 2.75) is 57.8 Å². The van der Waals surface area contributed by atoms with E-state index in [0.29, 0.717) is 5.56 Å². The van der Waals surface area contributed by atoms with Crippen LogP contribution in [0, 0.1) is 17.8 Å². The summed E-state index contributed by atoms with van der Waals surface area (Å²) in [6, 6.07) is 12.8. The van der Waals surface area contributed by atoms with Gasteiger partial charge in [0.05, 0.1) is 18.4 Å². The Morgan fingerprint density at radius 3 is 2.36 bits per heavy atom. The third-order valence-electron chi connectivity index (χ3n) is 7.18. The number of amides is 3. The monoisotopic (exact) mass is 598 g/mol. The van der Waals surface area contributed by atoms with Gasteiger partial charge in [-0.25, -0.2) is 17.9 Å². The van der Waals surface area contributed by atoms with Crippen LogP contribution in [0.25, 0.3) is 0 Å². The van der Waals surface area contributed by atoms with Crippen molar-refractivity contribution in [1.29, 1.82) is 0 Å². The zero-order valence-corrected chi connectivity index (χ0v) is 25.0. The maximum Gasteiger partial charge on any atom is 0.413 e. The minimum atomic E-state index is -3.49. The van der Waals surface area contributed by atoms with E-state index >= 15 is 0 Å². The molecule has 0 unspecified atom stereocenters. The highest BCUT2D eigenvalue weighted by Gasteiger charge is 2.46. The van der Waals surface area contributed by atoms with Crippen LogP contribution in [0.5, 0.6) is 5.75 Å². The van der Waals surface area contributed by atoms with Gasteiger partial charge in [-0.15, -0.1) is 6.42 Å². The zero-order valence-electron chi connectivity index (χ0n) is 24.2. The average Bonchev–Trinajstić information content (AvgIpc) is 3.32. The van der Waals surface area contributed by atoms with Crippen LogP contribution in [0.2, 0.25) is 0 Å². The molecule has 0 spiro atoms. The lowest BCUT2D eigenvalue weighted by Gasteiger charge is -2.37. The molecule has 0 aliphatic carbocycles. The lowest BCUT2D eigenvalue weighted by Crippen LogP contribution is -2.59. The highest BCUT2D eigenvalue weighted by Crippen LogP contribution is 2.30. The van der Waals surface area contributed by atoms with E-state index in [1.54, 1.807) is 75.4 Å². The van der Waals surface area contributed by atoms with Crippen LogP contribution < -0.4 is 20.1 Å². The first kappa shape index (κ1) is 32.6. The zero-order chi connectivity index (χ0) is 31.1. The molecule has 4 N–H and O–H groups in total. The first-order valence-electron chi connectivity index (χ1n) is 13.5. The molecule has 12 heteroatoms. The standard InChI is InChI=1S/C30H38N4O7S/c1-6-21-12-14-22(15-13-21)20(2)32-27(36)25-18-23(35)19-34(25)28(37)26(30(3,4)16-17-31-42(5,39)40)33-29(38)41-24-10-8-7-9-11-24/h1,7-15,20,23,25-26,31,35H,16-19H2,2-5H3,(H,32,36)(H,33,38)/t20-,23+,25-,26+/m0/s1. The van der Waals surface area contributed by atoms with Gasteiger partial charge in [0.1, 0.15) is 17.8 Å². The Hall–Kier alpha value is -3.92. The molecule has 0 radical (unpaired) electrons. The number of hydrogen-bond acceptors (Lipinski definition) is 7. The molecule has 1 aliphatic rings. The fourth-order valence-corrected chi connectivity index (χ4v) is 5.24. The van der Waals surface area contributed by atoms with Gasteiger partial charge in [-0.05, 0) is 48.6 Å². The van der Waals surface area contributed by atoms with Crippen molar-refractivity contribution in [1.82, 2.24) is 20.3 Å². The molecule has 11 nitrogen and oxygen atoms in total. The molecule has 0 aromatic heterocycles. The highest BCUT2D eigenvalue weighted by atomic mass is 32.2. The van der Waals surface area contributed by atoms with Gasteiger partial charge in [-0.2, -0.15) is 0 Å². The smallest absolute Gasteiger partial charge is 0.410 e. The van der Waals surface area contributed by atoms with Gasteiger partial charge in [0, 0.05) is 25.1 Å². The van der Waals surface area contributed by atoms with Crippen molar-refractivity contribution in [3.63, 3.8) is 0 Å². The fourth-order valence-electron chi connectivity index (χ4n) is 4.77. The van der Waals surface area contributed by atoms with E-state index < -0.39 is 57.6 Å². The molecule has 42 heavy (non-hydrogen) atoms. The number of terminal acetylenes is 1. The Morgan fingerprint density at radius 1 is 1.12 bits per heavy atom. The van der Waals surface area contributed by atoms with Crippen molar-refractivity contribution in [3.8, 4) is 18.1 Å². The third kappa shape index (κ3) is 9.04. The Morgan fingerprint density at radius 2 is 1.76 bits per heavy atom. The number of likely N-dealkylation sites (tertiary alicyclic amines) is 1. The van der Waals surface area contributed by atoms with Crippen LogP contribution in [0.15, 0.2) is 54.6 Å². The number of nitrogens with one attached hydrogen (secondary N) is 3. The number of nitrogens with zero attached hydrogens (tertiary/aromatic N) is 1. The summed E-state index contributed by atoms with van der Waals surface area (Å²) in [5.74, 6) is 1.73. The highest BCUT2D eigenvalue weighted by molar-refractivity contribution is 7.88. The number of aliphatic hydroxyl groups excluding tert-OH is 1. The predicted octanol–water partition coefficient (Wildman–Crippen LogP) is 1.93. The maximum absolute atomic E-state index is 14.0. The van der Waals surface area contributed by atoms with E-state index in [-0.39, 0.29) is 31.7 Å². The second-order valence-corrected chi connectivity index (χ2v) is 12.9. The van der Waals surface area contributed by atoms with E-state index in [1.165, 1.54) is 4.90 Å². The first-order valence-corrected chi connectivity index (χ1v) is 15.4. The number of hydrogen-bond donors (Lipinski definition) is 4. The average molecular weight is 599 g/mol. The molecule has 226 valence electrons. The summed E-state index contributed by atoms with van der Waals surface area (Å²) in [5.41, 5.74) is 0.513. The SMILES string of the molecule is C#Cc1ccc([C@H](C)NC(=O)[C@@H]2C[C@@H](O)CN2C(=O)[C@@H](NC(=O)Oc2ccccc2)C(C)(C)CCNS(C)(=O)=O)cc1. The minimum Gasteiger partial charge on any atom is -0.410 e. The van der Waals surface area contributed by atoms with Gasteiger partial charge < -0.3 is 25.4 Å². The summed E-state index contributed by atoms with van der Waals surface area (Å²) >= 11 is 0. The number of sulfonamides is 1. The minimum absolute atomic E-state index is 0.00749. The molecule has 3 rings (SSSR count). The Kier molecular flexibility index (Phi) is 10.7. The molecule has 1 saturated heterocycles. The fraction of sp³-hybridized carbons (Fsp3) is 0.433. The number of benzene rings is 2. The van der Waals surface area contributed by atoms with E-state index in [2.05, 4.69) is 21.3 Å². The largest absolute Gasteiger partial charge is 0.413 e. The van der Waals surface area contributed by atoms with Crippen LogP contribution >= 0.6 is 0 Å². The van der Waals surface area contributed by atoms with Gasteiger partial charge in [-0.1, -0.05) is 50.1 Å². The van der Waals surface area contributed by atoms with Crippen molar-refractivity contribution >= 4 is 27.9 Å². The summed E-state index contributed by atoms with van der Waals surface area (Å²) in [4.78, 5) is 41.6. The third-order valence-corrected chi connectivity index (χ3v) is 7.91. The van der Waals surface area contributed by atoms with E-state index in [4.69, 9.17) is 11.2 Å². The number of rotatable bonds is 11. The number of aliphatic hydroxyl groups is 1. The molecule has 0 bridgehead atoms. The summed E-state index contributed by atoms with van der Waals surface area (Å²) in [5, 5.41) is 16.0. The molecular weight excluding hydrogens is 560 g/mol. The van der Waals surface area contributed by atoms with E-state index in [9.17, 15) is 27.9 Å². The summed E-state index contributed by atoms with van der Waals surface area (Å²) in [7, 11) is -3.49. The molecular formula is C30H38N4O7S. The topological polar surface area (TPSA) is 154 Å². The van der Waals surface area contributed by atoms with Crippen LogP contribution in [0.1, 0.15) is 50.8 Å². The number of carbonyl (C=O) groups excluding carboxylic acids is 3. The molecule has 4 atom stereocenters. The predicted molar refractivity (Wildman–Crippen MR) is 158 cm³/mol. The second-order valence-electron chi connectivity index (χ2n) is 11.1. The summed E-state index contributed by atoms with van der Waals surface area (Å²) in [6.07, 6.45) is 4.77. The van der Waals surface area contributed by atoms with Crippen molar-refractivity contribution < 1.29 is 32.6 Å². The first-order chi connectivity index (χ1) is 19.7. The number of carbonyl (C=O) groups is 3. The van der Waals surface area contributed by atoms with Gasteiger partial charge in [0.15, 0.2) is 0 Å². The van der Waals surface area contributed by atoms with Crippen molar-refractivity contribution in [2.24, 2.45) is 5.41 Å². The number of β-amino-alcohol motifs (C(OH)–C–C–N with tert-alkyl or cyclic N) is 1. The van der Waals surface area contributed by atoms with Gasteiger partial charge >= 0.3 is 6.09 Å². The Bertz CT molecular complexity index is 1410. The van der Waals surface area contributed by atoms with Crippen LogP contribution in [-0.2, 0) is 19.6 Å². The van der Waals surface area contributed by atoms with Crippen molar-refractivity contribution in [3.05, 3.63) is 65.7 Å². The molecule has 3 amide bonds. The summed E-state index contributed by atoms with van der Waals surface area (Å²) < 4.78 is 31.0. The second kappa shape index (κ2) is 13.8. The van der Waals surface area contributed by atoms with Crippen LogP contribution in [0.3, 0.4) is 0 Å². The Balaban J connectivity index is 1.82. The van der Waals surface area contributed by atoms with Crippen LogP contribution in [0.4, 0.5) is 4.79 Å². The number of ether oxygens (including phenoxy) is 1. The summed E-state index contributed by atoms with van der Waals surface area (Å²) in [6.45, 7) is 5.08. The lowest BCUT2D eigenvalue weighted by atomic mass is 9.80. The van der Waals surface area contributed by atoms with Crippen molar-refractivity contribution in [2.75, 3.05) is 19.3 Å². The molecule has 1 fully saturated rings. The maximum atomic E-state index is 14.0. The molecule has 0 saturated carbocycles. The molecule has 2 aromatic rings. The molecule has 1 heterocycles. The van der Waals surface area contributed by atoms with E-state index in [0.717, 1.165) is 11.8 Å². The van der Waals surface area contributed by atoms with Crippen LogP contribution in [-0.4, -0.2) is 73.9 Å². The molecule has 2 aromatic carbocycles.